The minimum absolute atomic E-state index is 0.232. The summed E-state index contributed by atoms with van der Waals surface area (Å²) in [6.07, 6.45) is 1.91. The van der Waals surface area contributed by atoms with Gasteiger partial charge in [-0.05, 0) is 31.0 Å². The molecule has 0 spiro atoms. The third-order valence-electron chi connectivity index (χ3n) is 3.68. The fourth-order valence-electron chi connectivity index (χ4n) is 2.55. The summed E-state index contributed by atoms with van der Waals surface area (Å²) in [6.45, 7) is 5.37. The summed E-state index contributed by atoms with van der Waals surface area (Å²) >= 11 is 1.58. The largest absolute Gasteiger partial charge is 0.506 e. The van der Waals surface area contributed by atoms with Crippen LogP contribution in [0.15, 0.2) is 18.3 Å². The lowest BCUT2D eigenvalue weighted by Gasteiger charge is -2.14. The van der Waals surface area contributed by atoms with Crippen LogP contribution < -0.4 is 4.90 Å². The third-order valence-corrected chi connectivity index (χ3v) is 4.77. The quantitative estimate of drug-likeness (QED) is 0.778. The number of phenols is 1. The lowest BCUT2D eigenvalue weighted by atomic mass is 10.1. The maximum Gasteiger partial charge on any atom is 0.194 e. The molecule has 7 heteroatoms. The molecule has 6 nitrogen and oxygen atoms in total. The van der Waals surface area contributed by atoms with Crippen molar-refractivity contribution in [2.24, 2.45) is 0 Å². The summed E-state index contributed by atoms with van der Waals surface area (Å²) < 4.78 is 7.79. The first-order chi connectivity index (χ1) is 11.0. The van der Waals surface area contributed by atoms with Gasteiger partial charge in [0.1, 0.15) is 11.4 Å². The van der Waals surface area contributed by atoms with Crippen LogP contribution in [0.3, 0.4) is 0 Å². The Morgan fingerprint density at radius 3 is 2.78 bits per heavy atom. The number of nitrogens with zero attached hydrogens (tertiary/aromatic N) is 4. The number of hydrogen-bond donors (Lipinski definition) is 1. The second-order valence-electron chi connectivity index (χ2n) is 5.62. The average molecular weight is 332 g/mol. The standard InChI is InChI=1S/C16H20N4O2S/c1-10-7-11(2)14(12(21)8-10)20-9-13-15(18-20)17-16(23-13)19(3)5-6-22-4/h7-9,21H,5-6H2,1-4H3. The van der Waals surface area contributed by atoms with Crippen molar-refractivity contribution in [2.45, 2.75) is 13.8 Å². The maximum absolute atomic E-state index is 10.2. The summed E-state index contributed by atoms with van der Waals surface area (Å²) in [7, 11) is 3.67. The molecule has 0 saturated carbocycles. The highest BCUT2D eigenvalue weighted by atomic mass is 32.1. The van der Waals surface area contributed by atoms with Crippen molar-refractivity contribution in [1.29, 1.82) is 0 Å². The Kier molecular flexibility index (Phi) is 4.23. The molecule has 0 aliphatic rings. The normalized spacial score (nSPS) is 11.3. The Bertz CT molecular complexity index is 785. The van der Waals surface area contributed by atoms with E-state index in [1.54, 1.807) is 29.2 Å². The van der Waals surface area contributed by atoms with Gasteiger partial charge in [0, 0.05) is 20.7 Å². The second-order valence-corrected chi connectivity index (χ2v) is 6.63. The topological polar surface area (TPSA) is 63.4 Å². The number of aromatic hydroxyl groups is 1. The molecule has 3 aromatic rings. The number of fused-ring (bicyclic) bond motifs is 1. The molecule has 122 valence electrons. The second kappa shape index (κ2) is 6.17. The van der Waals surface area contributed by atoms with Crippen LogP contribution in [0.1, 0.15) is 11.1 Å². The summed E-state index contributed by atoms with van der Waals surface area (Å²) in [6, 6.07) is 3.78. The van der Waals surface area contributed by atoms with Crippen LogP contribution in [0.2, 0.25) is 0 Å². The highest BCUT2D eigenvalue weighted by Crippen LogP contribution is 2.31. The summed E-state index contributed by atoms with van der Waals surface area (Å²) in [5, 5.41) is 15.7. The molecule has 0 unspecified atom stereocenters. The van der Waals surface area contributed by atoms with Crippen molar-refractivity contribution >= 4 is 26.8 Å². The van der Waals surface area contributed by atoms with Crippen LogP contribution in [-0.2, 0) is 4.74 Å². The van der Waals surface area contributed by atoms with Crippen molar-refractivity contribution < 1.29 is 9.84 Å². The molecule has 0 aliphatic carbocycles. The van der Waals surface area contributed by atoms with Crippen molar-refractivity contribution in [3.8, 4) is 11.4 Å². The van der Waals surface area contributed by atoms with E-state index in [4.69, 9.17) is 4.74 Å². The zero-order valence-electron chi connectivity index (χ0n) is 13.7. The number of anilines is 1. The number of aromatic nitrogens is 3. The summed E-state index contributed by atoms with van der Waals surface area (Å²) in [5.41, 5.74) is 3.40. The molecule has 0 atom stereocenters. The molecule has 0 radical (unpaired) electrons. The average Bonchev–Trinajstić information content (AvgIpc) is 3.02. The molecule has 0 saturated heterocycles. The van der Waals surface area contributed by atoms with Crippen molar-refractivity contribution in [3.63, 3.8) is 0 Å². The predicted molar refractivity (Wildman–Crippen MR) is 93.0 cm³/mol. The molecular formula is C16H20N4O2S. The summed E-state index contributed by atoms with van der Waals surface area (Å²) in [5.74, 6) is 0.232. The molecule has 0 amide bonds. The van der Waals surface area contributed by atoms with Gasteiger partial charge in [-0.2, -0.15) is 4.98 Å². The molecule has 0 bridgehead atoms. The zero-order valence-corrected chi connectivity index (χ0v) is 14.5. The van der Waals surface area contributed by atoms with E-state index < -0.39 is 0 Å². The molecule has 23 heavy (non-hydrogen) atoms. The van der Waals surface area contributed by atoms with Crippen molar-refractivity contribution in [2.75, 3.05) is 32.2 Å². The maximum atomic E-state index is 10.2. The van der Waals surface area contributed by atoms with Gasteiger partial charge in [-0.1, -0.05) is 17.4 Å². The Hall–Kier alpha value is -2.12. The van der Waals surface area contributed by atoms with Crippen molar-refractivity contribution in [1.82, 2.24) is 14.8 Å². The number of methoxy groups -OCH3 is 1. The lowest BCUT2D eigenvalue weighted by molar-refractivity contribution is 0.206. The van der Waals surface area contributed by atoms with Gasteiger partial charge < -0.3 is 14.7 Å². The Labute approximate surface area is 138 Å². The first kappa shape index (κ1) is 15.8. The number of hydrogen-bond acceptors (Lipinski definition) is 6. The smallest absolute Gasteiger partial charge is 0.194 e. The number of rotatable bonds is 5. The lowest BCUT2D eigenvalue weighted by Crippen LogP contribution is -2.21. The van der Waals surface area contributed by atoms with E-state index in [0.717, 1.165) is 27.5 Å². The number of aryl methyl sites for hydroxylation is 2. The Morgan fingerprint density at radius 2 is 2.13 bits per heavy atom. The zero-order chi connectivity index (χ0) is 16.6. The van der Waals surface area contributed by atoms with Crippen LogP contribution in [0, 0.1) is 13.8 Å². The highest BCUT2D eigenvalue weighted by molar-refractivity contribution is 7.22. The van der Waals surface area contributed by atoms with Crippen molar-refractivity contribution in [3.05, 3.63) is 29.5 Å². The van der Waals surface area contributed by atoms with Gasteiger partial charge in [0.05, 0.1) is 17.5 Å². The first-order valence-corrected chi connectivity index (χ1v) is 8.18. The van der Waals surface area contributed by atoms with Gasteiger partial charge in [-0.25, -0.2) is 4.68 Å². The Morgan fingerprint density at radius 1 is 1.35 bits per heavy atom. The number of likely N-dealkylation sites (N-methyl/N-ethyl adjacent to an activating group) is 1. The monoisotopic (exact) mass is 332 g/mol. The first-order valence-electron chi connectivity index (χ1n) is 7.36. The van der Waals surface area contributed by atoms with Gasteiger partial charge in [0.25, 0.3) is 0 Å². The molecule has 2 heterocycles. The molecular weight excluding hydrogens is 312 g/mol. The van der Waals surface area contributed by atoms with E-state index in [0.29, 0.717) is 17.9 Å². The van der Waals surface area contributed by atoms with E-state index in [1.807, 2.05) is 33.2 Å². The van der Waals surface area contributed by atoms with E-state index in [9.17, 15) is 5.11 Å². The van der Waals surface area contributed by atoms with Gasteiger partial charge in [0.2, 0.25) is 0 Å². The minimum atomic E-state index is 0.232. The van der Waals surface area contributed by atoms with Crippen LogP contribution in [0.4, 0.5) is 5.13 Å². The summed E-state index contributed by atoms with van der Waals surface area (Å²) in [4.78, 5) is 6.61. The number of phenolic OH excluding ortho intramolecular Hbond substituents is 1. The SMILES string of the molecule is COCCN(C)c1nc2nn(-c3c(C)cc(C)cc3O)cc2s1. The number of thiazole rings is 1. The van der Waals surface area contributed by atoms with Crippen LogP contribution in [0.5, 0.6) is 5.75 Å². The van der Waals surface area contributed by atoms with E-state index in [-0.39, 0.29) is 5.75 Å². The third kappa shape index (κ3) is 3.02. The molecule has 1 N–H and O–H groups in total. The molecule has 0 aliphatic heterocycles. The van der Waals surface area contributed by atoms with Gasteiger partial charge in [-0.15, -0.1) is 5.10 Å². The Balaban J connectivity index is 1.95. The van der Waals surface area contributed by atoms with Gasteiger partial charge >= 0.3 is 0 Å². The highest BCUT2D eigenvalue weighted by Gasteiger charge is 2.15. The molecule has 0 fully saturated rings. The number of ether oxygens (including phenoxy) is 1. The minimum Gasteiger partial charge on any atom is -0.506 e. The number of benzene rings is 1. The van der Waals surface area contributed by atoms with E-state index >= 15 is 0 Å². The molecule has 2 aromatic heterocycles. The fraction of sp³-hybridized carbons (Fsp3) is 0.375. The van der Waals surface area contributed by atoms with E-state index in [1.165, 1.54) is 0 Å². The van der Waals surface area contributed by atoms with Crippen LogP contribution in [-0.4, -0.2) is 47.2 Å². The predicted octanol–water partition coefficient (Wildman–Crippen LogP) is 2.89. The van der Waals surface area contributed by atoms with E-state index in [2.05, 4.69) is 15.0 Å². The fourth-order valence-corrected chi connectivity index (χ4v) is 3.45. The van der Waals surface area contributed by atoms with Crippen LogP contribution in [0.25, 0.3) is 16.0 Å². The molecule has 3 rings (SSSR count). The van der Waals surface area contributed by atoms with Crippen LogP contribution >= 0.6 is 11.3 Å². The molecule has 1 aromatic carbocycles. The van der Waals surface area contributed by atoms with Gasteiger partial charge in [-0.3, -0.25) is 0 Å². The van der Waals surface area contributed by atoms with Gasteiger partial charge in [0.15, 0.2) is 10.8 Å².